The van der Waals surface area contributed by atoms with Crippen molar-refractivity contribution < 1.29 is 9.47 Å². The summed E-state index contributed by atoms with van der Waals surface area (Å²) < 4.78 is 10.6. The number of likely N-dealkylation sites (N-methyl/N-ethyl adjacent to an activating group) is 1. The fourth-order valence-electron chi connectivity index (χ4n) is 2.85. The minimum atomic E-state index is 0. The van der Waals surface area contributed by atoms with Crippen LogP contribution in [-0.2, 0) is 0 Å². The third kappa shape index (κ3) is 6.54. The number of aliphatic imine (C=N–C) groups is 1. The molecule has 0 bridgehead atoms. The molecule has 0 spiro atoms. The van der Waals surface area contributed by atoms with Crippen LogP contribution in [0.15, 0.2) is 40.0 Å². The lowest BCUT2D eigenvalue weighted by Gasteiger charge is -2.28. The molecule has 1 unspecified atom stereocenters. The standard InChI is InChI=1S/C19H28N4O2S.HI/c1-5-23(6-2)16(14-9-10-26-13-14)12-21-19(20)22-15-7-8-17(24-3)18(11-15)25-4;/h7-11,13,16H,5-6,12H2,1-4H3,(H3,20,21,22);1H. The molecule has 0 amide bonds. The number of hydrogen-bond donors (Lipinski definition) is 2. The van der Waals surface area contributed by atoms with Crippen molar-refractivity contribution in [3.8, 4) is 11.5 Å². The average molecular weight is 504 g/mol. The van der Waals surface area contributed by atoms with Crippen LogP contribution >= 0.6 is 35.3 Å². The van der Waals surface area contributed by atoms with E-state index in [-0.39, 0.29) is 30.0 Å². The van der Waals surface area contributed by atoms with Crippen molar-refractivity contribution in [2.75, 3.05) is 39.2 Å². The van der Waals surface area contributed by atoms with Gasteiger partial charge in [0.25, 0.3) is 0 Å². The van der Waals surface area contributed by atoms with E-state index >= 15 is 0 Å². The van der Waals surface area contributed by atoms with Crippen molar-refractivity contribution in [1.82, 2.24) is 4.90 Å². The Morgan fingerprint density at radius 3 is 2.44 bits per heavy atom. The third-order valence-corrected chi connectivity index (χ3v) is 4.97. The topological polar surface area (TPSA) is 72.1 Å². The highest BCUT2D eigenvalue weighted by atomic mass is 127. The smallest absolute Gasteiger partial charge is 0.193 e. The van der Waals surface area contributed by atoms with Gasteiger partial charge in [0.2, 0.25) is 0 Å². The number of anilines is 1. The maximum Gasteiger partial charge on any atom is 0.193 e. The molecule has 0 aliphatic carbocycles. The number of nitrogens with two attached hydrogens (primary N) is 1. The average Bonchev–Trinajstić information content (AvgIpc) is 3.19. The summed E-state index contributed by atoms with van der Waals surface area (Å²) in [5.41, 5.74) is 8.19. The number of methoxy groups -OCH3 is 2. The molecular formula is C19H29IN4O2S. The fourth-order valence-corrected chi connectivity index (χ4v) is 3.55. The molecule has 1 atom stereocenters. The first-order valence-electron chi connectivity index (χ1n) is 8.68. The Morgan fingerprint density at radius 2 is 1.89 bits per heavy atom. The summed E-state index contributed by atoms with van der Waals surface area (Å²) in [6.45, 7) is 6.87. The van der Waals surface area contributed by atoms with Crippen molar-refractivity contribution in [2.24, 2.45) is 10.7 Å². The van der Waals surface area contributed by atoms with Gasteiger partial charge < -0.3 is 20.5 Å². The van der Waals surface area contributed by atoms with E-state index in [0.717, 1.165) is 18.8 Å². The van der Waals surface area contributed by atoms with Gasteiger partial charge in [0, 0.05) is 11.8 Å². The lowest BCUT2D eigenvalue weighted by Crippen LogP contribution is -2.31. The molecule has 1 aromatic heterocycles. The summed E-state index contributed by atoms with van der Waals surface area (Å²) in [6.07, 6.45) is 0. The van der Waals surface area contributed by atoms with Crippen molar-refractivity contribution >= 4 is 47.0 Å². The van der Waals surface area contributed by atoms with E-state index in [1.165, 1.54) is 5.56 Å². The Labute approximate surface area is 182 Å². The molecule has 0 aliphatic rings. The quantitative estimate of drug-likeness (QED) is 0.305. The Bertz CT molecular complexity index is 706. The molecule has 0 saturated heterocycles. The molecule has 8 heteroatoms. The van der Waals surface area contributed by atoms with Gasteiger partial charge in [-0.3, -0.25) is 9.89 Å². The second-order valence-corrected chi connectivity index (χ2v) is 6.49. The van der Waals surface area contributed by atoms with Crippen LogP contribution in [0.4, 0.5) is 5.69 Å². The van der Waals surface area contributed by atoms with Crippen LogP contribution < -0.4 is 20.5 Å². The Kier molecular flexibility index (Phi) is 10.5. The molecule has 6 nitrogen and oxygen atoms in total. The van der Waals surface area contributed by atoms with Crippen molar-refractivity contribution in [1.29, 1.82) is 0 Å². The molecule has 150 valence electrons. The summed E-state index contributed by atoms with van der Waals surface area (Å²) >= 11 is 1.70. The number of benzene rings is 1. The predicted octanol–water partition coefficient (Wildman–Crippen LogP) is 4.19. The van der Waals surface area contributed by atoms with Gasteiger partial charge in [-0.1, -0.05) is 13.8 Å². The summed E-state index contributed by atoms with van der Waals surface area (Å²) in [4.78, 5) is 6.95. The second kappa shape index (κ2) is 12.0. The normalized spacial score (nSPS) is 12.4. The summed E-state index contributed by atoms with van der Waals surface area (Å²) in [6, 6.07) is 7.92. The van der Waals surface area contributed by atoms with Crippen molar-refractivity contribution in [3.05, 3.63) is 40.6 Å². The molecule has 0 fully saturated rings. The van der Waals surface area contributed by atoms with Crippen LogP contribution in [0.5, 0.6) is 11.5 Å². The first-order valence-corrected chi connectivity index (χ1v) is 9.62. The van der Waals surface area contributed by atoms with Gasteiger partial charge in [-0.2, -0.15) is 11.3 Å². The van der Waals surface area contributed by atoms with Crippen molar-refractivity contribution in [2.45, 2.75) is 19.9 Å². The molecule has 1 heterocycles. The minimum Gasteiger partial charge on any atom is -0.493 e. The highest BCUT2D eigenvalue weighted by molar-refractivity contribution is 14.0. The summed E-state index contributed by atoms with van der Waals surface area (Å²) in [5.74, 6) is 1.70. The van der Waals surface area contributed by atoms with Crippen LogP contribution in [-0.4, -0.2) is 44.7 Å². The SMILES string of the molecule is CCN(CC)C(CN=C(N)Nc1ccc(OC)c(OC)c1)c1ccsc1.I. The van der Waals surface area contributed by atoms with Crippen LogP contribution in [0.3, 0.4) is 0 Å². The number of hydrogen-bond acceptors (Lipinski definition) is 5. The van der Waals surface area contributed by atoms with Gasteiger partial charge in [-0.05, 0) is 47.6 Å². The van der Waals surface area contributed by atoms with E-state index in [1.807, 2.05) is 18.2 Å². The van der Waals surface area contributed by atoms with E-state index in [4.69, 9.17) is 15.2 Å². The monoisotopic (exact) mass is 504 g/mol. The molecule has 0 saturated carbocycles. The summed E-state index contributed by atoms with van der Waals surface area (Å²) in [7, 11) is 3.22. The van der Waals surface area contributed by atoms with E-state index in [9.17, 15) is 0 Å². The number of nitrogens with one attached hydrogen (secondary N) is 1. The zero-order chi connectivity index (χ0) is 18.9. The molecule has 27 heavy (non-hydrogen) atoms. The maximum atomic E-state index is 6.10. The third-order valence-electron chi connectivity index (χ3n) is 4.27. The van der Waals surface area contributed by atoms with Gasteiger partial charge in [0.05, 0.1) is 26.8 Å². The fraction of sp³-hybridized carbons (Fsp3) is 0.421. The Morgan fingerprint density at radius 1 is 1.19 bits per heavy atom. The molecule has 3 N–H and O–H groups in total. The predicted molar refractivity (Wildman–Crippen MR) is 125 cm³/mol. The Hall–Kier alpha value is -1.52. The van der Waals surface area contributed by atoms with Crippen molar-refractivity contribution in [3.63, 3.8) is 0 Å². The first-order chi connectivity index (χ1) is 12.6. The lowest BCUT2D eigenvalue weighted by molar-refractivity contribution is 0.225. The van der Waals surface area contributed by atoms with Crippen LogP contribution in [0.1, 0.15) is 25.5 Å². The van der Waals surface area contributed by atoms with Gasteiger partial charge in [0.15, 0.2) is 17.5 Å². The van der Waals surface area contributed by atoms with Gasteiger partial charge in [-0.25, -0.2) is 0 Å². The van der Waals surface area contributed by atoms with Gasteiger partial charge in [0.1, 0.15) is 0 Å². The van der Waals surface area contributed by atoms with E-state index in [2.05, 4.69) is 45.9 Å². The molecule has 1 aromatic carbocycles. The largest absolute Gasteiger partial charge is 0.493 e. The van der Waals surface area contributed by atoms with Crippen LogP contribution in [0.25, 0.3) is 0 Å². The van der Waals surface area contributed by atoms with Crippen LogP contribution in [0.2, 0.25) is 0 Å². The van der Waals surface area contributed by atoms with Gasteiger partial charge in [-0.15, -0.1) is 24.0 Å². The first kappa shape index (κ1) is 23.5. The maximum absolute atomic E-state index is 6.10. The highest BCUT2D eigenvalue weighted by Gasteiger charge is 2.18. The lowest BCUT2D eigenvalue weighted by atomic mass is 10.1. The number of ether oxygens (including phenoxy) is 2. The molecule has 0 aliphatic heterocycles. The molecule has 2 rings (SSSR count). The number of thiophene rings is 1. The number of nitrogens with zero attached hydrogens (tertiary/aromatic N) is 2. The molecular weight excluding hydrogens is 475 g/mol. The van der Waals surface area contributed by atoms with E-state index in [0.29, 0.717) is 24.0 Å². The number of guanidine groups is 1. The highest BCUT2D eigenvalue weighted by Crippen LogP contribution is 2.29. The number of halogens is 1. The number of rotatable bonds is 9. The summed E-state index contributed by atoms with van der Waals surface area (Å²) in [5, 5.41) is 7.39. The molecule has 2 aromatic rings. The zero-order valence-electron chi connectivity index (χ0n) is 16.3. The second-order valence-electron chi connectivity index (χ2n) is 5.71. The minimum absolute atomic E-state index is 0. The van der Waals surface area contributed by atoms with Crippen LogP contribution in [0, 0.1) is 0 Å². The molecule has 0 radical (unpaired) electrons. The van der Waals surface area contributed by atoms with Gasteiger partial charge >= 0.3 is 0 Å². The van der Waals surface area contributed by atoms with E-state index < -0.39 is 0 Å². The van der Waals surface area contributed by atoms with E-state index in [1.54, 1.807) is 25.6 Å². The zero-order valence-corrected chi connectivity index (χ0v) is 19.4. The Balaban J connectivity index is 0.00000364.